The van der Waals surface area contributed by atoms with Crippen LogP contribution in [0.5, 0.6) is 0 Å². The Bertz CT molecular complexity index is 210. The molecule has 2 unspecified atom stereocenters. The van der Waals surface area contributed by atoms with Gasteiger partial charge in [-0.1, -0.05) is 6.42 Å². The Morgan fingerprint density at radius 3 is 3.15 bits per heavy atom. The number of thioether (sulfide) groups is 1. The zero-order valence-corrected chi connectivity index (χ0v) is 8.55. The molecule has 4 heteroatoms. The summed E-state index contributed by atoms with van der Waals surface area (Å²) in [6, 6.07) is 0.631. The van der Waals surface area contributed by atoms with Crippen LogP contribution in [0.15, 0.2) is 0 Å². The first kappa shape index (κ1) is 9.34. The molecule has 0 bridgehead atoms. The molecule has 0 aromatic rings. The fourth-order valence-corrected chi connectivity index (χ4v) is 3.91. The van der Waals surface area contributed by atoms with Gasteiger partial charge < -0.3 is 5.73 Å². The van der Waals surface area contributed by atoms with Crippen LogP contribution in [0.2, 0.25) is 0 Å². The van der Waals surface area contributed by atoms with Crippen molar-refractivity contribution in [3.05, 3.63) is 0 Å². The van der Waals surface area contributed by atoms with E-state index in [4.69, 9.17) is 5.73 Å². The summed E-state index contributed by atoms with van der Waals surface area (Å²) in [5.41, 5.74) is 5.22. The third-order valence-electron chi connectivity index (χ3n) is 2.96. The Morgan fingerprint density at radius 2 is 2.38 bits per heavy atom. The standard InChI is InChI=1S/C9H16N2OS/c10-9(12)6-11-4-5-13-8-3-1-2-7(8)11/h7-8H,1-6H2,(H2,10,12). The van der Waals surface area contributed by atoms with Crippen LogP contribution in [0.1, 0.15) is 19.3 Å². The lowest BCUT2D eigenvalue weighted by Crippen LogP contribution is -2.48. The molecule has 74 valence electrons. The molecule has 13 heavy (non-hydrogen) atoms. The minimum Gasteiger partial charge on any atom is -0.369 e. The van der Waals surface area contributed by atoms with E-state index in [2.05, 4.69) is 16.7 Å². The zero-order chi connectivity index (χ0) is 9.26. The van der Waals surface area contributed by atoms with Crippen molar-refractivity contribution in [2.45, 2.75) is 30.6 Å². The van der Waals surface area contributed by atoms with E-state index < -0.39 is 0 Å². The number of nitrogens with two attached hydrogens (primary N) is 1. The van der Waals surface area contributed by atoms with Crippen molar-refractivity contribution in [1.82, 2.24) is 4.90 Å². The van der Waals surface area contributed by atoms with Crippen molar-refractivity contribution in [2.24, 2.45) is 5.73 Å². The normalized spacial score (nSPS) is 34.5. The summed E-state index contributed by atoms with van der Waals surface area (Å²) in [6.45, 7) is 1.50. The molecule has 2 fully saturated rings. The molecule has 2 aliphatic rings. The van der Waals surface area contributed by atoms with Crippen LogP contribution >= 0.6 is 11.8 Å². The van der Waals surface area contributed by atoms with Crippen LogP contribution in [0, 0.1) is 0 Å². The number of amides is 1. The first-order valence-electron chi connectivity index (χ1n) is 4.91. The lowest BCUT2D eigenvalue weighted by Gasteiger charge is -2.36. The fraction of sp³-hybridized carbons (Fsp3) is 0.889. The average Bonchev–Trinajstić information content (AvgIpc) is 2.51. The Kier molecular flexibility index (Phi) is 2.79. The van der Waals surface area contributed by atoms with Crippen LogP contribution in [-0.4, -0.2) is 40.9 Å². The molecule has 2 N–H and O–H groups in total. The molecule has 3 nitrogen and oxygen atoms in total. The number of hydrogen-bond donors (Lipinski definition) is 1. The molecule has 0 radical (unpaired) electrons. The van der Waals surface area contributed by atoms with E-state index in [1.165, 1.54) is 19.3 Å². The monoisotopic (exact) mass is 200 g/mol. The Balaban J connectivity index is 1.97. The molecule has 1 saturated carbocycles. The van der Waals surface area contributed by atoms with Crippen molar-refractivity contribution in [3.8, 4) is 0 Å². The molecule has 0 aromatic heterocycles. The van der Waals surface area contributed by atoms with Gasteiger partial charge in [0.05, 0.1) is 6.54 Å². The number of fused-ring (bicyclic) bond motifs is 1. The predicted octanol–water partition coefficient (Wildman–Crippen LogP) is 0.442. The highest BCUT2D eigenvalue weighted by Gasteiger charge is 2.35. The number of hydrogen-bond acceptors (Lipinski definition) is 3. The third kappa shape index (κ3) is 1.99. The first-order valence-corrected chi connectivity index (χ1v) is 5.96. The highest BCUT2D eigenvalue weighted by molar-refractivity contribution is 8.00. The Labute approximate surface area is 83.0 Å². The van der Waals surface area contributed by atoms with Crippen molar-refractivity contribution in [1.29, 1.82) is 0 Å². The highest BCUT2D eigenvalue weighted by atomic mass is 32.2. The second-order valence-corrected chi connectivity index (χ2v) is 5.19. The lowest BCUT2D eigenvalue weighted by atomic mass is 10.2. The van der Waals surface area contributed by atoms with E-state index in [1.807, 2.05) is 0 Å². The molecule has 2 atom stereocenters. The SMILES string of the molecule is NC(=O)CN1CCSC2CCCC21. The third-order valence-corrected chi connectivity index (χ3v) is 4.35. The van der Waals surface area contributed by atoms with Gasteiger partial charge in [-0.3, -0.25) is 9.69 Å². The summed E-state index contributed by atoms with van der Waals surface area (Å²) in [5, 5.41) is 0.771. The molecule has 0 aromatic carbocycles. The fourth-order valence-electron chi connectivity index (χ4n) is 2.40. The average molecular weight is 200 g/mol. The van der Waals surface area contributed by atoms with Gasteiger partial charge in [-0.25, -0.2) is 0 Å². The van der Waals surface area contributed by atoms with Gasteiger partial charge >= 0.3 is 0 Å². The van der Waals surface area contributed by atoms with Crippen LogP contribution < -0.4 is 5.73 Å². The number of nitrogens with zero attached hydrogens (tertiary/aromatic N) is 1. The smallest absolute Gasteiger partial charge is 0.231 e. The summed E-state index contributed by atoms with van der Waals surface area (Å²) in [5.74, 6) is 0.978. The molecular formula is C9H16N2OS. The second kappa shape index (κ2) is 3.88. The van der Waals surface area contributed by atoms with E-state index in [1.54, 1.807) is 0 Å². The van der Waals surface area contributed by atoms with Gasteiger partial charge in [-0.15, -0.1) is 0 Å². The van der Waals surface area contributed by atoms with Gasteiger partial charge in [0.1, 0.15) is 0 Å². The van der Waals surface area contributed by atoms with E-state index in [0.717, 1.165) is 17.5 Å². The summed E-state index contributed by atoms with van der Waals surface area (Å²) in [4.78, 5) is 13.1. The number of primary amides is 1. The predicted molar refractivity (Wildman–Crippen MR) is 54.7 cm³/mol. The van der Waals surface area contributed by atoms with Gasteiger partial charge in [0.2, 0.25) is 5.91 Å². The maximum Gasteiger partial charge on any atom is 0.231 e. The second-order valence-electron chi connectivity index (χ2n) is 3.84. The molecular weight excluding hydrogens is 184 g/mol. The molecule has 2 rings (SSSR count). The Morgan fingerprint density at radius 1 is 1.54 bits per heavy atom. The van der Waals surface area contributed by atoms with Crippen molar-refractivity contribution in [3.63, 3.8) is 0 Å². The van der Waals surface area contributed by atoms with Gasteiger partial charge in [-0.05, 0) is 12.8 Å². The highest BCUT2D eigenvalue weighted by Crippen LogP contribution is 2.36. The minimum atomic E-state index is -0.183. The topological polar surface area (TPSA) is 46.3 Å². The quantitative estimate of drug-likeness (QED) is 0.703. The molecule has 1 heterocycles. The summed E-state index contributed by atoms with van der Waals surface area (Å²) in [7, 11) is 0. The van der Waals surface area contributed by atoms with Crippen LogP contribution in [0.4, 0.5) is 0 Å². The minimum absolute atomic E-state index is 0.183. The molecule has 1 amide bonds. The summed E-state index contributed by atoms with van der Waals surface area (Å²) >= 11 is 2.07. The van der Waals surface area contributed by atoms with Gasteiger partial charge in [0.25, 0.3) is 0 Å². The molecule has 1 saturated heterocycles. The van der Waals surface area contributed by atoms with Gasteiger partial charge in [-0.2, -0.15) is 11.8 Å². The first-order chi connectivity index (χ1) is 6.27. The molecule has 1 aliphatic heterocycles. The summed E-state index contributed by atoms with van der Waals surface area (Å²) in [6.07, 6.45) is 3.90. The van der Waals surface area contributed by atoms with E-state index in [0.29, 0.717) is 12.6 Å². The number of carbonyl (C=O) groups is 1. The number of rotatable bonds is 2. The van der Waals surface area contributed by atoms with Crippen LogP contribution in [-0.2, 0) is 4.79 Å². The zero-order valence-electron chi connectivity index (χ0n) is 7.74. The largest absolute Gasteiger partial charge is 0.369 e. The van der Waals surface area contributed by atoms with Crippen molar-refractivity contribution < 1.29 is 4.79 Å². The van der Waals surface area contributed by atoms with Crippen LogP contribution in [0.3, 0.4) is 0 Å². The maximum absolute atomic E-state index is 10.8. The van der Waals surface area contributed by atoms with Crippen molar-refractivity contribution in [2.75, 3.05) is 18.8 Å². The van der Waals surface area contributed by atoms with E-state index in [-0.39, 0.29) is 5.91 Å². The maximum atomic E-state index is 10.8. The van der Waals surface area contributed by atoms with Crippen LogP contribution in [0.25, 0.3) is 0 Å². The van der Waals surface area contributed by atoms with Crippen molar-refractivity contribution >= 4 is 17.7 Å². The number of carbonyl (C=O) groups excluding carboxylic acids is 1. The molecule has 0 spiro atoms. The Hall–Kier alpha value is -0.220. The molecule has 1 aliphatic carbocycles. The van der Waals surface area contributed by atoms with E-state index in [9.17, 15) is 4.79 Å². The van der Waals surface area contributed by atoms with E-state index >= 15 is 0 Å². The lowest BCUT2D eigenvalue weighted by molar-refractivity contribution is -0.119. The van der Waals surface area contributed by atoms with Gasteiger partial charge in [0, 0.05) is 23.6 Å². The summed E-state index contributed by atoms with van der Waals surface area (Å²) < 4.78 is 0. The van der Waals surface area contributed by atoms with Gasteiger partial charge in [0.15, 0.2) is 0 Å².